The van der Waals surface area contributed by atoms with Gasteiger partial charge in [0.2, 0.25) is 0 Å². The molecule has 8 heteroatoms. The van der Waals surface area contributed by atoms with Crippen LogP contribution in [-0.4, -0.2) is 51.7 Å². The molecule has 1 aromatic carbocycles. The van der Waals surface area contributed by atoms with Gasteiger partial charge in [0.1, 0.15) is 23.3 Å². The fraction of sp³-hybridized carbons (Fsp3) is 0.368. The third kappa shape index (κ3) is 2.59. The maximum absolute atomic E-state index is 11.9. The fourth-order valence-electron chi connectivity index (χ4n) is 3.89. The number of carbonyl (C=O) groups excluding carboxylic acids is 1. The van der Waals surface area contributed by atoms with Gasteiger partial charge in [0, 0.05) is 39.3 Å². The van der Waals surface area contributed by atoms with Crippen molar-refractivity contribution in [2.45, 2.75) is 12.8 Å². The third-order valence-corrected chi connectivity index (χ3v) is 5.34. The number of rotatable bonds is 3. The van der Waals surface area contributed by atoms with Crippen molar-refractivity contribution in [2.75, 3.05) is 36.0 Å². The van der Waals surface area contributed by atoms with E-state index in [0.29, 0.717) is 30.6 Å². The molecule has 3 aromatic rings. The minimum Gasteiger partial charge on any atom is -0.355 e. The van der Waals surface area contributed by atoms with Crippen LogP contribution in [0.2, 0.25) is 0 Å². The van der Waals surface area contributed by atoms with Crippen molar-refractivity contribution < 1.29 is 4.79 Å². The zero-order valence-electron chi connectivity index (χ0n) is 15.4. The molecule has 27 heavy (non-hydrogen) atoms. The summed E-state index contributed by atoms with van der Waals surface area (Å²) >= 11 is 0. The molecule has 138 valence electrons. The molecule has 0 radical (unpaired) electrons. The Morgan fingerprint density at radius 2 is 1.89 bits per heavy atom. The van der Waals surface area contributed by atoms with Crippen molar-refractivity contribution >= 4 is 28.7 Å². The molecule has 0 saturated carbocycles. The van der Waals surface area contributed by atoms with Gasteiger partial charge in [-0.3, -0.25) is 4.90 Å². The fourth-order valence-corrected chi connectivity index (χ4v) is 3.89. The molecule has 4 heterocycles. The van der Waals surface area contributed by atoms with E-state index in [1.807, 2.05) is 25.1 Å². The largest absolute Gasteiger partial charge is 0.355 e. The number of fused-ring (bicyclic) bond motifs is 1. The maximum atomic E-state index is 11.9. The van der Waals surface area contributed by atoms with Crippen LogP contribution < -0.4 is 15.1 Å². The number of nitrogens with zero attached hydrogens (tertiary/aromatic N) is 6. The van der Waals surface area contributed by atoms with Gasteiger partial charge in [0.15, 0.2) is 0 Å². The number of urea groups is 1. The van der Waals surface area contributed by atoms with E-state index in [1.165, 1.54) is 0 Å². The van der Waals surface area contributed by atoms with Crippen molar-refractivity contribution in [2.24, 2.45) is 7.05 Å². The number of imidazole rings is 1. The second-order valence-electron chi connectivity index (χ2n) is 7.13. The number of amides is 2. The predicted molar refractivity (Wildman–Crippen MR) is 103 cm³/mol. The van der Waals surface area contributed by atoms with Crippen molar-refractivity contribution in [1.82, 2.24) is 24.8 Å². The van der Waals surface area contributed by atoms with Gasteiger partial charge >= 0.3 is 6.03 Å². The maximum Gasteiger partial charge on any atom is 0.323 e. The van der Waals surface area contributed by atoms with E-state index in [1.54, 1.807) is 4.90 Å². The third-order valence-electron chi connectivity index (χ3n) is 5.34. The summed E-state index contributed by atoms with van der Waals surface area (Å²) in [7, 11) is 2.08. The molecule has 0 spiro atoms. The Bertz CT molecular complexity index is 1040. The number of aromatic nitrogens is 4. The van der Waals surface area contributed by atoms with Crippen LogP contribution in [0.15, 0.2) is 30.3 Å². The lowest BCUT2D eigenvalue weighted by molar-refractivity contribution is 0.252. The first-order chi connectivity index (χ1) is 13.1. The lowest BCUT2D eigenvalue weighted by Crippen LogP contribution is -2.46. The Morgan fingerprint density at radius 3 is 2.63 bits per heavy atom. The number of nitrogens with one attached hydrogen (secondary N) is 1. The second-order valence-corrected chi connectivity index (χ2v) is 7.13. The summed E-state index contributed by atoms with van der Waals surface area (Å²) in [5.74, 6) is 3.69. The van der Waals surface area contributed by atoms with Crippen LogP contribution in [0.25, 0.3) is 11.0 Å². The van der Waals surface area contributed by atoms with Crippen LogP contribution in [0.4, 0.5) is 16.4 Å². The van der Waals surface area contributed by atoms with Crippen LogP contribution >= 0.6 is 0 Å². The summed E-state index contributed by atoms with van der Waals surface area (Å²) in [5, 5.41) is 2.81. The zero-order chi connectivity index (χ0) is 18.5. The molecule has 0 aliphatic carbocycles. The monoisotopic (exact) mass is 363 g/mol. The molecule has 2 aliphatic rings. The summed E-state index contributed by atoms with van der Waals surface area (Å²) in [6, 6.07) is 10.0. The van der Waals surface area contributed by atoms with Gasteiger partial charge in [-0.25, -0.2) is 19.7 Å². The second kappa shape index (κ2) is 5.94. The van der Waals surface area contributed by atoms with Crippen LogP contribution in [0.5, 0.6) is 0 Å². The molecule has 0 atom stereocenters. The molecule has 1 N–H and O–H groups in total. The van der Waals surface area contributed by atoms with E-state index in [2.05, 4.69) is 43.9 Å². The Balaban J connectivity index is 1.38. The molecule has 0 unspecified atom stereocenters. The quantitative estimate of drug-likeness (QED) is 0.768. The van der Waals surface area contributed by atoms with Crippen LogP contribution in [0.3, 0.4) is 0 Å². The van der Waals surface area contributed by atoms with Crippen molar-refractivity contribution in [3.63, 3.8) is 0 Å². The lowest BCUT2D eigenvalue weighted by Gasteiger charge is -2.40. The molecule has 2 fully saturated rings. The molecule has 5 rings (SSSR count). The minimum absolute atomic E-state index is 0.0970. The summed E-state index contributed by atoms with van der Waals surface area (Å²) < 4.78 is 2.18. The first kappa shape index (κ1) is 16.0. The van der Waals surface area contributed by atoms with E-state index in [0.717, 1.165) is 35.8 Å². The SMILES string of the molecule is Cc1nc(N2CC(c3nc4ccccc4n3C)C2)cc(N2CCNC2=O)n1. The lowest BCUT2D eigenvalue weighted by atomic mass is 9.99. The Hall–Kier alpha value is -3.16. The number of para-hydroxylation sites is 2. The van der Waals surface area contributed by atoms with Gasteiger partial charge in [-0.1, -0.05) is 12.1 Å². The first-order valence-corrected chi connectivity index (χ1v) is 9.17. The van der Waals surface area contributed by atoms with Crippen molar-refractivity contribution in [3.8, 4) is 0 Å². The predicted octanol–water partition coefficient (Wildman–Crippen LogP) is 1.81. The minimum atomic E-state index is -0.0970. The number of hydrogen-bond donors (Lipinski definition) is 1. The molecular formula is C19H21N7O. The van der Waals surface area contributed by atoms with Gasteiger partial charge in [-0.15, -0.1) is 0 Å². The van der Waals surface area contributed by atoms with E-state index >= 15 is 0 Å². The number of anilines is 2. The highest BCUT2D eigenvalue weighted by atomic mass is 16.2. The zero-order valence-corrected chi connectivity index (χ0v) is 15.4. The Labute approximate surface area is 156 Å². The topological polar surface area (TPSA) is 79.2 Å². The van der Waals surface area contributed by atoms with Crippen molar-refractivity contribution in [3.05, 3.63) is 42.0 Å². The van der Waals surface area contributed by atoms with E-state index in [9.17, 15) is 4.79 Å². The van der Waals surface area contributed by atoms with Gasteiger partial charge in [-0.2, -0.15) is 0 Å². The first-order valence-electron chi connectivity index (χ1n) is 9.17. The van der Waals surface area contributed by atoms with E-state index in [4.69, 9.17) is 4.98 Å². The highest BCUT2D eigenvalue weighted by molar-refractivity contribution is 5.93. The average molecular weight is 363 g/mol. The Kier molecular flexibility index (Phi) is 3.53. The summed E-state index contributed by atoms with van der Waals surface area (Å²) in [6.45, 7) is 4.87. The molecule has 2 amide bonds. The van der Waals surface area contributed by atoms with Crippen molar-refractivity contribution in [1.29, 1.82) is 0 Å². The summed E-state index contributed by atoms with van der Waals surface area (Å²) in [4.78, 5) is 29.7. The van der Waals surface area contributed by atoms with E-state index < -0.39 is 0 Å². The normalized spacial score (nSPS) is 17.5. The highest BCUT2D eigenvalue weighted by Gasteiger charge is 2.33. The number of aryl methyl sites for hydroxylation is 2. The average Bonchev–Trinajstić information content (AvgIpc) is 3.18. The van der Waals surface area contributed by atoms with Crippen LogP contribution in [0, 0.1) is 6.92 Å². The number of benzene rings is 1. The van der Waals surface area contributed by atoms with Gasteiger partial charge < -0.3 is 14.8 Å². The molecule has 0 bridgehead atoms. The van der Waals surface area contributed by atoms with Gasteiger partial charge in [0.05, 0.1) is 17.0 Å². The Morgan fingerprint density at radius 1 is 1.11 bits per heavy atom. The van der Waals surface area contributed by atoms with Crippen LogP contribution in [0.1, 0.15) is 17.6 Å². The molecule has 2 aromatic heterocycles. The van der Waals surface area contributed by atoms with E-state index in [-0.39, 0.29) is 6.03 Å². The molecular weight excluding hydrogens is 342 g/mol. The molecule has 2 saturated heterocycles. The van der Waals surface area contributed by atoms with Gasteiger partial charge in [-0.05, 0) is 19.1 Å². The molecule has 8 nitrogen and oxygen atoms in total. The number of hydrogen-bond acceptors (Lipinski definition) is 5. The van der Waals surface area contributed by atoms with Crippen LogP contribution in [-0.2, 0) is 7.05 Å². The standard InChI is InChI=1S/C19H21N7O/c1-12-21-16(9-17(22-12)26-8-7-20-19(26)27)25-10-13(11-25)18-23-14-5-3-4-6-15(14)24(18)2/h3-6,9,13H,7-8,10-11H2,1-2H3,(H,20,27). The highest BCUT2D eigenvalue weighted by Crippen LogP contribution is 2.33. The smallest absolute Gasteiger partial charge is 0.323 e. The summed E-state index contributed by atoms with van der Waals surface area (Å²) in [6.07, 6.45) is 0. The number of carbonyl (C=O) groups is 1. The summed E-state index contributed by atoms with van der Waals surface area (Å²) in [5.41, 5.74) is 2.19. The van der Waals surface area contributed by atoms with Gasteiger partial charge in [0.25, 0.3) is 0 Å². The molecule has 2 aliphatic heterocycles.